The lowest BCUT2D eigenvalue weighted by Crippen LogP contribution is -2.22. The summed E-state index contributed by atoms with van der Waals surface area (Å²) in [7, 11) is -0.669. The van der Waals surface area contributed by atoms with Crippen LogP contribution in [0.25, 0.3) is 0 Å². The van der Waals surface area contributed by atoms with Gasteiger partial charge in [0.25, 0.3) is 5.91 Å². The monoisotopic (exact) mass is 420 g/mol. The van der Waals surface area contributed by atoms with E-state index in [2.05, 4.69) is 5.32 Å². The molecule has 0 saturated carbocycles. The highest BCUT2D eigenvalue weighted by molar-refractivity contribution is 7.89. The molecule has 0 saturated heterocycles. The van der Waals surface area contributed by atoms with Gasteiger partial charge in [-0.05, 0) is 55.0 Å². The minimum atomic E-state index is -3.54. The van der Waals surface area contributed by atoms with Gasteiger partial charge in [0.2, 0.25) is 10.0 Å². The van der Waals surface area contributed by atoms with Gasteiger partial charge in [-0.1, -0.05) is 6.92 Å². The first-order chi connectivity index (χ1) is 13.7. The number of hydrogen-bond donors (Lipinski definition) is 1. The molecule has 1 amide bonds. The zero-order valence-corrected chi connectivity index (χ0v) is 17.4. The standard InChI is InChI=1S/C20H24N2O6S/c1-4-13-27-17-9-5-15(6-10-17)20(24)28-14-19(23)21-16-7-11-18(12-8-16)29(25,26)22(2)3/h5-12H,4,13-14H2,1-3H3,(H,21,23). The van der Waals surface area contributed by atoms with E-state index < -0.39 is 28.5 Å². The fourth-order valence-electron chi connectivity index (χ4n) is 2.24. The summed E-state index contributed by atoms with van der Waals surface area (Å²) in [6.45, 7) is 2.12. The lowest BCUT2D eigenvalue weighted by molar-refractivity contribution is -0.119. The molecule has 0 unspecified atom stereocenters. The molecule has 0 aliphatic carbocycles. The number of ether oxygens (including phenoxy) is 2. The van der Waals surface area contributed by atoms with Crippen LogP contribution in [-0.2, 0) is 19.6 Å². The largest absolute Gasteiger partial charge is 0.494 e. The number of carbonyl (C=O) groups excluding carboxylic acids is 2. The molecule has 2 aromatic rings. The fraction of sp³-hybridized carbons (Fsp3) is 0.300. The van der Waals surface area contributed by atoms with Crippen molar-refractivity contribution in [3.8, 4) is 5.75 Å². The van der Waals surface area contributed by atoms with E-state index in [0.29, 0.717) is 23.6 Å². The van der Waals surface area contributed by atoms with Crippen molar-refractivity contribution in [1.29, 1.82) is 0 Å². The van der Waals surface area contributed by atoms with E-state index in [1.807, 2.05) is 6.92 Å². The predicted molar refractivity (Wildman–Crippen MR) is 108 cm³/mol. The minimum absolute atomic E-state index is 0.110. The van der Waals surface area contributed by atoms with Crippen LogP contribution in [0, 0.1) is 0 Å². The van der Waals surface area contributed by atoms with Gasteiger partial charge in [-0.2, -0.15) is 0 Å². The average Bonchev–Trinajstić information content (AvgIpc) is 2.71. The number of rotatable bonds is 9. The van der Waals surface area contributed by atoms with Gasteiger partial charge in [0.05, 0.1) is 17.1 Å². The Morgan fingerprint density at radius 1 is 1.00 bits per heavy atom. The third-order valence-electron chi connectivity index (χ3n) is 3.81. The third-order valence-corrected chi connectivity index (χ3v) is 5.64. The van der Waals surface area contributed by atoms with Crippen LogP contribution in [-0.4, -0.2) is 51.9 Å². The minimum Gasteiger partial charge on any atom is -0.494 e. The number of esters is 1. The summed E-state index contributed by atoms with van der Waals surface area (Å²) >= 11 is 0. The number of nitrogens with one attached hydrogen (secondary N) is 1. The number of carbonyl (C=O) groups is 2. The lowest BCUT2D eigenvalue weighted by atomic mass is 10.2. The highest BCUT2D eigenvalue weighted by Crippen LogP contribution is 2.17. The Kier molecular flexibility index (Phi) is 7.74. The number of hydrogen-bond acceptors (Lipinski definition) is 6. The van der Waals surface area contributed by atoms with E-state index in [0.717, 1.165) is 10.7 Å². The zero-order valence-electron chi connectivity index (χ0n) is 16.5. The summed E-state index contributed by atoms with van der Waals surface area (Å²) in [5.74, 6) is -0.514. The molecular weight excluding hydrogens is 396 g/mol. The highest BCUT2D eigenvalue weighted by atomic mass is 32.2. The van der Waals surface area contributed by atoms with Crippen LogP contribution in [0.3, 0.4) is 0 Å². The topological polar surface area (TPSA) is 102 Å². The Morgan fingerprint density at radius 2 is 1.62 bits per heavy atom. The van der Waals surface area contributed by atoms with E-state index in [1.54, 1.807) is 24.3 Å². The first-order valence-corrected chi connectivity index (χ1v) is 10.4. The van der Waals surface area contributed by atoms with Crippen molar-refractivity contribution in [2.45, 2.75) is 18.2 Å². The highest BCUT2D eigenvalue weighted by Gasteiger charge is 2.17. The maximum atomic E-state index is 12.0. The first kappa shape index (κ1) is 22.4. The smallest absolute Gasteiger partial charge is 0.338 e. The number of sulfonamides is 1. The lowest BCUT2D eigenvalue weighted by Gasteiger charge is -2.12. The van der Waals surface area contributed by atoms with Crippen molar-refractivity contribution in [1.82, 2.24) is 4.31 Å². The number of nitrogens with zero attached hydrogens (tertiary/aromatic N) is 1. The quantitative estimate of drug-likeness (QED) is 0.626. The van der Waals surface area contributed by atoms with E-state index in [-0.39, 0.29) is 4.90 Å². The molecule has 0 heterocycles. The van der Waals surface area contributed by atoms with Crippen molar-refractivity contribution in [3.63, 3.8) is 0 Å². The van der Waals surface area contributed by atoms with Gasteiger partial charge in [-0.3, -0.25) is 4.79 Å². The molecule has 9 heteroatoms. The van der Waals surface area contributed by atoms with E-state index >= 15 is 0 Å². The van der Waals surface area contributed by atoms with Crippen LogP contribution >= 0.6 is 0 Å². The van der Waals surface area contributed by atoms with Gasteiger partial charge in [0, 0.05) is 19.8 Å². The second kappa shape index (κ2) is 10.0. The number of anilines is 1. The molecule has 156 valence electrons. The van der Waals surface area contributed by atoms with Crippen LogP contribution < -0.4 is 10.1 Å². The van der Waals surface area contributed by atoms with Crippen molar-refractivity contribution >= 4 is 27.6 Å². The SMILES string of the molecule is CCCOc1ccc(C(=O)OCC(=O)Nc2ccc(S(=O)(=O)N(C)C)cc2)cc1. The van der Waals surface area contributed by atoms with Gasteiger partial charge < -0.3 is 14.8 Å². The van der Waals surface area contributed by atoms with Gasteiger partial charge in [-0.15, -0.1) is 0 Å². The number of amides is 1. The molecule has 0 fully saturated rings. The second-order valence-corrected chi connectivity index (χ2v) is 8.46. The molecule has 1 N–H and O–H groups in total. The molecule has 0 bridgehead atoms. The average molecular weight is 420 g/mol. The molecule has 2 aromatic carbocycles. The Labute approximate surface area is 170 Å². The zero-order chi connectivity index (χ0) is 21.4. The summed E-state index contributed by atoms with van der Waals surface area (Å²) in [6.07, 6.45) is 0.882. The van der Waals surface area contributed by atoms with Crippen LogP contribution in [0.5, 0.6) is 5.75 Å². The molecule has 2 rings (SSSR count). The Bertz CT molecular complexity index is 938. The van der Waals surface area contributed by atoms with Crippen molar-refractivity contribution in [2.24, 2.45) is 0 Å². The molecule has 29 heavy (non-hydrogen) atoms. The number of benzene rings is 2. The Balaban J connectivity index is 1.87. The van der Waals surface area contributed by atoms with Crippen molar-refractivity contribution in [3.05, 3.63) is 54.1 Å². The van der Waals surface area contributed by atoms with Crippen molar-refractivity contribution < 1.29 is 27.5 Å². The van der Waals surface area contributed by atoms with Gasteiger partial charge >= 0.3 is 5.97 Å². The fourth-order valence-corrected chi connectivity index (χ4v) is 3.14. The van der Waals surface area contributed by atoms with Crippen LogP contribution in [0.15, 0.2) is 53.4 Å². The van der Waals surface area contributed by atoms with Crippen LogP contribution in [0.1, 0.15) is 23.7 Å². The predicted octanol–water partition coefficient (Wildman–Crippen LogP) is 2.52. The molecule has 8 nitrogen and oxygen atoms in total. The van der Waals surface area contributed by atoms with Crippen LogP contribution in [0.2, 0.25) is 0 Å². The molecule has 0 spiro atoms. The second-order valence-electron chi connectivity index (χ2n) is 6.31. The van der Waals surface area contributed by atoms with Gasteiger partial charge in [-0.25, -0.2) is 17.5 Å². The van der Waals surface area contributed by atoms with Gasteiger partial charge in [0.1, 0.15) is 5.75 Å². The molecule has 0 atom stereocenters. The molecular formula is C20H24N2O6S. The maximum Gasteiger partial charge on any atom is 0.338 e. The normalized spacial score (nSPS) is 11.2. The molecule has 0 aromatic heterocycles. The van der Waals surface area contributed by atoms with Crippen molar-refractivity contribution in [2.75, 3.05) is 32.6 Å². The van der Waals surface area contributed by atoms with E-state index in [1.165, 1.54) is 38.4 Å². The van der Waals surface area contributed by atoms with E-state index in [4.69, 9.17) is 9.47 Å². The van der Waals surface area contributed by atoms with E-state index in [9.17, 15) is 18.0 Å². The Morgan fingerprint density at radius 3 is 2.17 bits per heavy atom. The summed E-state index contributed by atoms with van der Waals surface area (Å²) in [6, 6.07) is 12.2. The summed E-state index contributed by atoms with van der Waals surface area (Å²) in [5.41, 5.74) is 0.695. The Hall–Kier alpha value is -2.91. The molecule has 0 radical (unpaired) electrons. The summed E-state index contributed by atoms with van der Waals surface area (Å²) in [5, 5.41) is 2.54. The molecule has 0 aliphatic rings. The summed E-state index contributed by atoms with van der Waals surface area (Å²) < 4.78 is 35.6. The first-order valence-electron chi connectivity index (χ1n) is 8.96. The maximum absolute atomic E-state index is 12.0. The summed E-state index contributed by atoms with van der Waals surface area (Å²) in [4.78, 5) is 24.1. The molecule has 0 aliphatic heterocycles. The third kappa shape index (κ3) is 6.30. The van der Waals surface area contributed by atoms with Crippen LogP contribution in [0.4, 0.5) is 5.69 Å². The van der Waals surface area contributed by atoms with Gasteiger partial charge in [0.15, 0.2) is 6.61 Å².